The average molecular weight is 561 g/mol. The van der Waals surface area contributed by atoms with Crippen molar-refractivity contribution in [3.8, 4) is 0 Å². The van der Waals surface area contributed by atoms with Gasteiger partial charge in [-0.05, 0) is 95.7 Å². The van der Waals surface area contributed by atoms with Crippen LogP contribution in [0.15, 0.2) is 12.1 Å². The van der Waals surface area contributed by atoms with Crippen LogP contribution >= 0.6 is 11.6 Å². The quantitative estimate of drug-likeness (QED) is 0.229. The molecule has 9 heteroatoms. The van der Waals surface area contributed by atoms with Gasteiger partial charge in [0.1, 0.15) is 17.0 Å². The molecule has 3 atom stereocenters. The first-order valence-electron chi connectivity index (χ1n) is 14.1. The number of nitrogens with zero attached hydrogens (tertiary/aromatic N) is 1. The van der Waals surface area contributed by atoms with Crippen LogP contribution in [0.25, 0.3) is 0 Å². The maximum atomic E-state index is 15.2. The summed E-state index contributed by atoms with van der Waals surface area (Å²) in [4.78, 5) is 15.2. The van der Waals surface area contributed by atoms with Crippen molar-refractivity contribution in [2.75, 3.05) is 40.4 Å². The average Bonchev–Trinajstić information content (AvgIpc) is 2.91. The number of piperidine rings is 1. The Balaban J connectivity index is 1.73. The molecule has 1 saturated carbocycles. The third-order valence-corrected chi connectivity index (χ3v) is 8.85. The van der Waals surface area contributed by atoms with Gasteiger partial charge in [-0.3, -0.25) is 4.79 Å². The summed E-state index contributed by atoms with van der Waals surface area (Å²) in [5.74, 6) is -1.62. The van der Waals surface area contributed by atoms with E-state index in [1.165, 1.54) is 6.07 Å². The van der Waals surface area contributed by atoms with Gasteiger partial charge in [-0.1, -0.05) is 17.7 Å². The summed E-state index contributed by atoms with van der Waals surface area (Å²) in [7, 11) is 3.47. The fourth-order valence-electron chi connectivity index (χ4n) is 6.39. The summed E-state index contributed by atoms with van der Waals surface area (Å²) in [6.07, 6.45) is 6.32. The SMILES string of the molecule is CNC[C@@H](CC(=O)N1CCC[C@@H]([C@@](O)(CCCCOC)c2ccc(F)c(Cl)c2F)C1)CC1CCC(F)CC1. The molecule has 1 saturated heterocycles. The molecule has 2 aliphatic rings. The third-order valence-electron chi connectivity index (χ3n) is 8.51. The normalized spacial score (nSPS) is 24.7. The van der Waals surface area contributed by atoms with E-state index in [1.807, 2.05) is 7.05 Å². The lowest BCUT2D eigenvalue weighted by atomic mass is 9.73. The van der Waals surface area contributed by atoms with E-state index in [9.17, 15) is 18.7 Å². The molecule has 2 N–H and O–H groups in total. The number of alkyl halides is 1. The predicted molar refractivity (Wildman–Crippen MR) is 144 cm³/mol. The Morgan fingerprint density at radius 3 is 2.66 bits per heavy atom. The minimum absolute atomic E-state index is 0.0165. The molecule has 38 heavy (non-hydrogen) atoms. The largest absolute Gasteiger partial charge is 0.385 e. The standard InChI is InChI=1S/C29H44ClF3N2O3/c1-34-18-21(16-20-7-9-23(31)10-8-20)17-26(36)35-14-5-6-22(19-35)29(37,13-3-4-15-38-2)24-11-12-25(32)27(30)28(24)33/h11-12,20-23,34,37H,3-10,13-19H2,1-2H3/t20?,21-,22-,23?,29+/m1/s1. The Hall–Kier alpha value is -1.35. The zero-order valence-corrected chi connectivity index (χ0v) is 23.5. The van der Waals surface area contributed by atoms with Crippen LogP contribution in [0.3, 0.4) is 0 Å². The Bertz CT molecular complexity index is 900. The molecule has 5 nitrogen and oxygen atoms in total. The Morgan fingerprint density at radius 1 is 1.24 bits per heavy atom. The predicted octanol–water partition coefficient (Wildman–Crippen LogP) is 6.01. The number of methoxy groups -OCH3 is 1. The van der Waals surface area contributed by atoms with Crippen LogP contribution in [0.1, 0.15) is 76.2 Å². The van der Waals surface area contributed by atoms with E-state index in [0.29, 0.717) is 77.1 Å². The molecule has 1 aliphatic heterocycles. The molecule has 3 rings (SSSR count). The van der Waals surface area contributed by atoms with Crippen LogP contribution in [0.5, 0.6) is 0 Å². The fraction of sp³-hybridized carbons (Fsp3) is 0.759. The van der Waals surface area contributed by atoms with E-state index in [1.54, 1.807) is 12.0 Å². The highest BCUT2D eigenvalue weighted by atomic mass is 35.5. The lowest BCUT2D eigenvalue weighted by Crippen LogP contribution is -2.49. The summed E-state index contributed by atoms with van der Waals surface area (Å²) in [5.41, 5.74) is -1.61. The van der Waals surface area contributed by atoms with E-state index in [-0.39, 0.29) is 23.8 Å². The van der Waals surface area contributed by atoms with E-state index in [4.69, 9.17) is 16.3 Å². The van der Waals surface area contributed by atoms with Crippen LogP contribution in [0, 0.1) is 29.4 Å². The van der Waals surface area contributed by atoms with Gasteiger partial charge in [0.15, 0.2) is 5.82 Å². The highest BCUT2D eigenvalue weighted by molar-refractivity contribution is 6.31. The molecule has 0 bridgehead atoms. The Labute approximate surface area is 230 Å². The van der Waals surface area contributed by atoms with Gasteiger partial charge in [-0.15, -0.1) is 0 Å². The van der Waals surface area contributed by atoms with Crippen LogP contribution in [-0.2, 0) is 15.1 Å². The van der Waals surface area contributed by atoms with Crippen molar-refractivity contribution in [1.29, 1.82) is 0 Å². The van der Waals surface area contributed by atoms with Gasteiger partial charge in [-0.2, -0.15) is 0 Å². The summed E-state index contributed by atoms with van der Waals surface area (Å²) in [5, 5.41) is 14.5. The van der Waals surface area contributed by atoms with Gasteiger partial charge in [-0.25, -0.2) is 13.2 Å². The molecule has 0 unspecified atom stereocenters. The van der Waals surface area contributed by atoms with Crippen molar-refractivity contribution in [3.05, 3.63) is 34.4 Å². The van der Waals surface area contributed by atoms with Crippen molar-refractivity contribution in [2.45, 2.75) is 82.4 Å². The number of hydrogen-bond donors (Lipinski definition) is 2. The second-order valence-corrected chi connectivity index (χ2v) is 11.6. The monoisotopic (exact) mass is 560 g/mol. The van der Waals surface area contributed by atoms with Crippen molar-refractivity contribution >= 4 is 17.5 Å². The van der Waals surface area contributed by atoms with Gasteiger partial charge >= 0.3 is 0 Å². The summed E-state index contributed by atoms with van der Waals surface area (Å²) in [6.45, 7) is 2.10. The number of halogens is 4. The van der Waals surface area contributed by atoms with Crippen LogP contribution in [-0.4, -0.2) is 62.5 Å². The smallest absolute Gasteiger partial charge is 0.222 e. The highest BCUT2D eigenvalue weighted by Crippen LogP contribution is 2.42. The number of ether oxygens (including phenoxy) is 1. The molecular weight excluding hydrogens is 517 g/mol. The number of aliphatic hydroxyl groups is 1. The number of carbonyl (C=O) groups is 1. The van der Waals surface area contributed by atoms with E-state index in [0.717, 1.165) is 25.3 Å². The number of hydrogen-bond acceptors (Lipinski definition) is 4. The second kappa shape index (κ2) is 14.9. The molecule has 0 radical (unpaired) electrons. The third kappa shape index (κ3) is 8.09. The molecule has 1 amide bonds. The van der Waals surface area contributed by atoms with E-state index in [2.05, 4.69) is 5.32 Å². The first kappa shape index (κ1) is 31.2. The number of amides is 1. The number of benzene rings is 1. The molecule has 1 aromatic rings. The van der Waals surface area contributed by atoms with Gasteiger partial charge in [0.2, 0.25) is 5.91 Å². The van der Waals surface area contributed by atoms with Gasteiger partial charge < -0.3 is 20.1 Å². The fourth-order valence-corrected chi connectivity index (χ4v) is 6.55. The molecule has 1 heterocycles. The number of unbranched alkanes of at least 4 members (excludes halogenated alkanes) is 1. The molecular formula is C29H44ClF3N2O3. The zero-order valence-electron chi connectivity index (χ0n) is 22.8. The second-order valence-electron chi connectivity index (χ2n) is 11.3. The molecule has 216 valence electrons. The highest BCUT2D eigenvalue weighted by Gasteiger charge is 2.43. The molecule has 0 aromatic heterocycles. The number of likely N-dealkylation sites (tertiary alicyclic amines) is 1. The first-order chi connectivity index (χ1) is 18.2. The van der Waals surface area contributed by atoms with Crippen molar-refractivity contribution < 1.29 is 27.8 Å². The van der Waals surface area contributed by atoms with Gasteiger partial charge in [0.05, 0.1) is 5.60 Å². The van der Waals surface area contributed by atoms with Crippen LogP contribution < -0.4 is 5.32 Å². The number of rotatable bonds is 13. The minimum atomic E-state index is -1.59. The molecule has 1 aliphatic carbocycles. The van der Waals surface area contributed by atoms with Crippen LogP contribution in [0.2, 0.25) is 5.02 Å². The molecule has 2 fully saturated rings. The molecule has 1 aromatic carbocycles. The minimum Gasteiger partial charge on any atom is -0.385 e. The Kier molecular flexibility index (Phi) is 12.2. The lowest BCUT2D eigenvalue weighted by Gasteiger charge is -2.43. The summed E-state index contributed by atoms with van der Waals surface area (Å²) >= 11 is 5.89. The van der Waals surface area contributed by atoms with E-state index < -0.39 is 34.3 Å². The van der Waals surface area contributed by atoms with Crippen LogP contribution in [0.4, 0.5) is 13.2 Å². The van der Waals surface area contributed by atoms with Gasteiger partial charge in [0, 0.05) is 44.7 Å². The molecule has 0 spiro atoms. The van der Waals surface area contributed by atoms with Gasteiger partial charge in [0.25, 0.3) is 0 Å². The zero-order chi connectivity index (χ0) is 27.7. The topological polar surface area (TPSA) is 61.8 Å². The van der Waals surface area contributed by atoms with E-state index >= 15 is 4.39 Å². The van der Waals surface area contributed by atoms with Crippen molar-refractivity contribution in [3.63, 3.8) is 0 Å². The number of nitrogens with one attached hydrogen (secondary N) is 1. The number of carbonyl (C=O) groups excluding carboxylic acids is 1. The first-order valence-corrected chi connectivity index (χ1v) is 14.5. The summed E-state index contributed by atoms with van der Waals surface area (Å²) in [6, 6.07) is 2.37. The van der Waals surface area contributed by atoms with Crippen molar-refractivity contribution in [2.24, 2.45) is 17.8 Å². The van der Waals surface area contributed by atoms with Crippen molar-refractivity contribution in [1.82, 2.24) is 10.2 Å². The summed E-state index contributed by atoms with van der Waals surface area (Å²) < 4.78 is 47.8. The Morgan fingerprint density at radius 2 is 1.97 bits per heavy atom. The lowest BCUT2D eigenvalue weighted by molar-refractivity contribution is -0.138. The maximum Gasteiger partial charge on any atom is 0.222 e. The maximum absolute atomic E-state index is 15.2.